The Morgan fingerprint density at radius 2 is 2.38 bits per heavy atom. The lowest BCUT2D eigenvalue weighted by Crippen LogP contribution is -2.36. The van der Waals surface area contributed by atoms with Crippen molar-refractivity contribution in [1.82, 2.24) is 0 Å². The summed E-state index contributed by atoms with van der Waals surface area (Å²) in [6.45, 7) is 4.51. The number of allylic oxidation sites excluding steroid dienone is 1. The summed E-state index contributed by atoms with van der Waals surface area (Å²) in [7, 11) is -1.42. The normalized spacial score (nSPS) is 26.8. The molecule has 0 amide bonds. The first-order valence-electron chi connectivity index (χ1n) is 4.75. The van der Waals surface area contributed by atoms with Crippen LogP contribution in [-0.4, -0.2) is 14.4 Å². The Balaban J connectivity index is 2.33. The Kier molecular flexibility index (Phi) is 4.68. The molecule has 0 spiro atoms. The van der Waals surface area contributed by atoms with Gasteiger partial charge in [0.2, 0.25) is 8.32 Å². The fourth-order valence-electron chi connectivity index (χ4n) is 1.54. The minimum Gasteiger partial charge on any atom is -0.410 e. The summed E-state index contributed by atoms with van der Waals surface area (Å²) in [6.07, 6.45) is 8.39. The number of hydrogen-bond donors (Lipinski definition) is 0. The zero-order chi connectivity index (χ0) is 9.73. The molecule has 0 aliphatic carbocycles. The van der Waals surface area contributed by atoms with E-state index < -0.39 is 8.32 Å². The van der Waals surface area contributed by atoms with Crippen molar-refractivity contribution in [3.8, 4) is 0 Å². The zero-order valence-electron chi connectivity index (χ0n) is 8.29. The van der Waals surface area contributed by atoms with E-state index in [1.807, 2.05) is 0 Å². The zero-order valence-corrected chi connectivity index (χ0v) is 11.5. The molecule has 0 aromatic heterocycles. The Bertz CT molecular complexity index is 211. The van der Waals surface area contributed by atoms with Crippen LogP contribution in [-0.2, 0) is 4.43 Å². The highest BCUT2D eigenvalue weighted by molar-refractivity contribution is 14.1. The van der Waals surface area contributed by atoms with Crippen LogP contribution in [0.5, 0.6) is 0 Å². The predicted octanol–water partition coefficient (Wildman–Crippen LogP) is 3.80. The van der Waals surface area contributed by atoms with Gasteiger partial charge in [-0.1, -0.05) is 40.4 Å². The third-order valence-corrected chi connectivity index (χ3v) is 4.62. The van der Waals surface area contributed by atoms with Crippen molar-refractivity contribution in [2.45, 2.75) is 38.5 Å². The maximum atomic E-state index is 6.04. The molecule has 13 heavy (non-hydrogen) atoms. The van der Waals surface area contributed by atoms with E-state index in [0.29, 0.717) is 6.10 Å². The maximum Gasteiger partial charge on any atom is 0.211 e. The van der Waals surface area contributed by atoms with E-state index in [0.717, 1.165) is 12.8 Å². The van der Waals surface area contributed by atoms with Crippen molar-refractivity contribution in [3.63, 3.8) is 0 Å². The topological polar surface area (TPSA) is 9.23 Å². The monoisotopic (exact) mass is 308 g/mol. The van der Waals surface area contributed by atoms with Crippen LogP contribution in [0.25, 0.3) is 0 Å². The van der Waals surface area contributed by atoms with Crippen molar-refractivity contribution in [1.29, 1.82) is 0 Å². The molecule has 0 aromatic carbocycles. The second-order valence-corrected chi connectivity index (χ2v) is 8.42. The van der Waals surface area contributed by atoms with Gasteiger partial charge in [-0.15, -0.1) is 0 Å². The standard InChI is InChI=1S/C10H17IOSi/c1-13(2)9-5-7-10(12-13)6-3-4-8-11/h4-5,8-10H,3,6-7H2,1-2H3/b8-4-. The molecule has 0 fully saturated rings. The van der Waals surface area contributed by atoms with Gasteiger partial charge in [0.05, 0.1) is 0 Å². The average Bonchev–Trinajstić information content (AvgIpc) is 2.03. The number of rotatable bonds is 3. The molecule has 3 heteroatoms. The molecule has 0 N–H and O–H groups in total. The molecule has 0 aromatic rings. The van der Waals surface area contributed by atoms with Crippen LogP contribution < -0.4 is 0 Å². The molecular formula is C10H17IOSi. The van der Waals surface area contributed by atoms with Gasteiger partial charge < -0.3 is 4.43 Å². The Morgan fingerprint density at radius 1 is 1.62 bits per heavy atom. The number of halogens is 1. The number of hydrogen-bond acceptors (Lipinski definition) is 1. The highest BCUT2D eigenvalue weighted by Gasteiger charge is 2.26. The van der Waals surface area contributed by atoms with E-state index in [9.17, 15) is 0 Å². The molecule has 1 aliphatic rings. The van der Waals surface area contributed by atoms with E-state index in [4.69, 9.17) is 4.43 Å². The van der Waals surface area contributed by atoms with Gasteiger partial charge in [-0.2, -0.15) is 0 Å². The fraction of sp³-hybridized carbons (Fsp3) is 0.600. The molecule has 0 radical (unpaired) electrons. The lowest BCUT2D eigenvalue weighted by molar-refractivity contribution is 0.185. The van der Waals surface area contributed by atoms with Gasteiger partial charge in [0.15, 0.2) is 0 Å². The van der Waals surface area contributed by atoms with Crippen molar-refractivity contribution in [3.05, 3.63) is 21.9 Å². The van der Waals surface area contributed by atoms with E-state index in [1.165, 1.54) is 6.42 Å². The van der Waals surface area contributed by atoms with Crippen LogP contribution in [0, 0.1) is 0 Å². The summed E-state index contributed by atoms with van der Waals surface area (Å²) in [6, 6.07) is 0. The fourth-order valence-corrected chi connectivity index (χ4v) is 3.76. The van der Waals surface area contributed by atoms with Crippen molar-refractivity contribution < 1.29 is 4.43 Å². The quantitative estimate of drug-likeness (QED) is 0.569. The van der Waals surface area contributed by atoms with Crippen molar-refractivity contribution in [2.24, 2.45) is 0 Å². The molecule has 1 nitrogen and oxygen atoms in total. The molecule has 0 bridgehead atoms. The van der Waals surface area contributed by atoms with Crippen LogP contribution >= 0.6 is 22.6 Å². The molecule has 0 saturated carbocycles. The second kappa shape index (κ2) is 5.31. The molecule has 1 rings (SSSR count). The van der Waals surface area contributed by atoms with Gasteiger partial charge in [0.25, 0.3) is 0 Å². The third-order valence-electron chi connectivity index (χ3n) is 2.13. The summed E-state index contributed by atoms with van der Waals surface area (Å²) < 4.78 is 8.12. The lowest BCUT2D eigenvalue weighted by Gasteiger charge is -2.30. The second-order valence-electron chi connectivity index (χ2n) is 3.92. The summed E-state index contributed by atoms with van der Waals surface area (Å²) in [5.74, 6) is 0. The summed E-state index contributed by atoms with van der Waals surface area (Å²) in [5, 5.41) is 0. The highest BCUT2D eigenvalue weighted by atomic mass is 127. The predicted molar refractivity (Wildman–Crippen MR) is 68.5 cm³/mol. The average molecular weight is 308 g/mol. The summed E-state index contributed by atoms with van der Waals surface area (Å²) >= 11 is 2.26. The van der Waals surface area contributed by atoms with Crippen LogP contribution in [0.15, 0.2) is 21.9 Å². The molecular weight excluding hydrogens is 291 g/mol. The van der Waals surface area contributed by atoms with Crippen molar-refractivity contribution >= 4 is 30.9 Å². The van der Waals surface area contributed by atoms with Gasteiger partial charge in [0, 0.05) is 6.10 Å². The smallest absolute Gasteiger partial charge is 0.211 e. The molecule has 1 atom stereocenters. The van der Waals surface area contributed by atoms with Gasteiger partial charge in [0.1, 0.15) is 0 Å². The van der Waals surface area contributed by atoms with Crippen LogP contribution in [0.3, 0.4) is 0 Å². The molecule has 0 saturated heterocycles. The summed E-state index contributed by atoms with van der Waals surface area (Å²) in [4.78, 5) is 0. The first kappa shape index (κ1) is 11.5. The summed E-state index contributed by atoms with van der Waals surface area (Å²) in [5.41, 5.74) is 2.29. The molecule has 74 valence electrons. The van der Waals surface area contributed by atoms with E-state index in [-0.39, 0.29) is 0 Å². The molecule has 1 unspecified atom stereocenters. The minimum atomic E-state index is -1.42. The minimum absolute atomic E-state index is 0.472. The first-order valence-corrected chi connectivity index (χ1v) is 8.98. The van der Waals surface area contributed by atoms with Crippen LogP contribution in [0.1, 0.15) is 19.3 Å². The Hall–Kier alpha value is 0.387. The van der Waals surface area contributed by atoms with E-state index in [2.05, 4.69) is 57.6 Å². The van der Waals surface area contributed by atoms with E-state index in [1.54, 1.807) is 0 Å². The Morgan fingerprint density at radius 3 is 3.00 bits per heavy atom. The third kappa shape index (κ3) is 4.42. The Labute approximate surface area is 95.5 Å². The molecule has 1 heterocycles. The largest absolute Gasteiger partial charge is 0.410 e. The maximum absolute atomic E-state index is 6.04. The van der Waals surface area contributed by atoms with Gasteiger partial charge in [-0.05, 0) is 36.4 Å². The van der Waals surface area contributed by atoms with E-state index >= 15 is 0 Å². The molecule has 1 aliphatic heterocycles. The van der Waals surface area contributed by atoms with Gasteiger partial charge >= 0.3 is 0 Å². The first-order chi connectivity index (χ1) is 6.14. The van der Waals surface area contributed by atoms with Crippen molar-refractivity contribution in [2.75, 3.05) is 0 Å². The lowest BCUT2D eigenvalue weighted by atomic mass is 10.1. The van der Waals surface area contributed by atoms with Crippen LogP contribution in [0.4, 0.5) is 0 Å². The van der Waals surface area contributed by atoms with Crippen LogP contribution in [0.2, 0.25) is 13.1 Å². The highest BCUT2D eigenvalue weighted by Crippen LogP contribution is 2.21. The SMILES string of the molecule is C[Si]1(C)C=CCC(CC/C=C\I)O1. The van der Waals surface area contributed by atoms with Gasteiger partial charge in [-0.3, -0.25) is 0 Å². The van der Waals surface area contributed by atoms with Gasteiger partial charge in [-0.25, -0.2) is 0 Å².